The Morgan fingerprint density at radius 3 is 2.81 bits per heavy atom. The summed E-state index contributed by atoms with van der Waals surface area (Å²) in [5, 5.41) is 9.01. The number of anilines is 1. The van der Waals surface area contributed by atoms with Gasteiger partial charge in [-0.15, -0.1) is 0 Å². The Balaban J connectivity index is 1.74. The van der Waals surface area contributed by atoms with Gasteiger partial charge in [-0.05, 0) is 49.5 Å². The van der Waals surface area contributed by atoms with E-state index in [2.05, 4.69) is 43.3 Å². The fourth-order valence-corrected chi connectivity index (χ4v) is 3.46. The number of hydrogen-bond donors (Lipinski definition) is 4. The molecule has 4 aromatic rings. The number of nitrogens with zero attached hydrogens (tertiary/aromatic N) is 3. The third-order valence-electron chi connectivity index (χ3n) is 4.57. The van der Waals surface area contributed by atoms with Gasteiger partial charge in [0.05, 0.1) is 5.52 Å². The summed E-state index contributed by atoms with van der Waals surface area (Å²) in [5.74, 6) is 0.511. The highest BCUT2D eigenvalue weighted by atomic mass is 15.1. The van der Waals surface area contributed by atoms with Crippen LogP contribution in [0.3, 0.4) is 0 Å². The largest absolute Gasteiger partial charge is 0.382 e. The molecule has 26 heavy (non-hydrogen) atoms. The molecule has 1 unspecified atom stereocenters. The minimum absolute atomic E-state index is 0.0728. The van der Waals surface area contributed by atoms with E-state index in [0.29, 0.717) is 5.82 Å². The van der Waals surface area contributed by atoms with Gasteiger partial charge in [0.15, 0.2) is 5.82 Å². The molecule has 0 amide bonds. The highest BCUT2D eigenvalue weighted by molar-refractivity contribution is 5.98. The zero-order valence-corrected chi connectivity index (χ0v) is 15.0. The van der Waals surface area contributed by atoms with E-state index in [1.165, 1.54) is 0 Å². The minimum Gasteiger partial charge on any atom is -0.382 e. The first-order valence-electron chi connectivity index (χ1n) is 8.62. The van der Waals surface area contributed by atoms with Crippen molar-refractivity contribution in [3.05, 3.63) is 42.2 Å². The highest BCUT2D eigenvalue weighted by Crippen LogP contribution is 2.31. The smallest absolute Gasteiger partial charge is 0.153 e. The van der Waals surface area contributed by atoms with Gasteiger partial charge in [0.1, 0.15) is 5.65 Å². The van der Waals surface area contributed by atoms with Crippen LogP contribution in [0.2, 0.25) is 0 Å². The van der Waals surface area contributed by atoms with Crippen LogP contribution < -0.4 is 11.5 Å². The fourth-order valence-electron chi connectivity index (χ4n) is 3.46. The van der Waals surface area contributed by atoms with Gasteiger partial charge in [0.25, 0.3) is 0 Å². The number of hydrogen-bond acceptors (Lipinski definition) is 5. The first kappa shape index (κ1) is 16.6. The van der Waals surface area contributed by atoms with Crippen molar-refractivity contribution in [3.8, 4) is 11.1 Å². The predicted octanol–water partition coefficient (Wildman–Crippen LogP) is 2.12. The number of aromatic amines is 2. The summed E-state index contributed by atoms with van der Waals surface area (Å²) in [7, 11) is 4.06. The molecule has 0 spiro atoms. The second-order valence-electron chi connectivity index (χ2n) is 7.01. The van der Waals surface area contributed by atoms with Crippen LogP contribution in [0.5, 0.6) is 0 Å². The normalized spacial score (nSPS) is 13.1. The molecular formula is C19H23N7. The van der Waals surface area contributed by atoms with Crippen LogP contribution in [0.1, 0.15) is 5.69 Å². The molecule has 3 heterocycles. The molecule has 4 rings (SSSR count). The second kappa shape index (κ2) is 6.44. The Bertz CT molecular complexity index is 1060. The lowest BCUT2D eigenvalue weighted by Crippen LogP contribution is -2.34. The molecule has 6 N–H and O–H groups in total. The van der Waals surface area contributed by atoms with Crippen molar-refractivity contribution in [2.24, 2.45) is 5.73 Å². The quantitative estimate of drug-likeness (QED) is 0.441. The monoisotopic (exact) mass is 349 g/mol. The van der Waals surface area contributed by atoms with E-state index >= 15 is 0 Å². The van der Waals surface area contributed by atoms with Crippen molar-refractivity contribution in [2.75, 3.05) is 26.4 Å². The van der Waals surface area contributed by atoms with E-state index in [-0.39, 0.29) is 6.04 Å². The van der Waals surface area contributed by atoms with Gasteiger partial charge in [-0.25, -0.2) is 4.98 Å². The Morgan fingerprint density at radius 1 is 1.15 bits per heavy atom. The fraction of sp³-hybridized carbons (Fsp3) is 0.263. The van der Waals surface area contributed by atoms with Crippen molar-refractivity contribution in [3.63, 3.8) is 0 Å². The predicted molar refractivity (Wildman–Crippen MR) is 106 cm³/mol. The highest BCUT2D eigenvalue weighted by Gasteiger charge is 2.13. The average molecular weight is 349 g/mol. The number of nitrogens with two attached hydrogens (primary N) is 2. The van der Waals surface area contributed by atoms with Crippen LogP contribution in [-0.4, -0.2) is 51.7 Å². The number of likely N-dealkylation sites (N-methyl/N-ethyl adjacent to an activating group) is 1. The maximum absolute atomic E-state index is 6.24. The molecule has 0 radical (unpaired) electrons. The lowest BCUT2D eigenvalue weighted by Gasteiger charge is -2.15. The lowest BCUT2D eigenvalue weighted by atomic mass is 10.0. The van der Waals surface area contributed by atoms with Gasteiger partial charge in [-0.2, -0.15) is 5.10 Å². The number of nitrogen functional groups attached to an aromatic ring is 1. The maximum atomic E-state index is 6.24. The zero-order chi connectivity index (χ0) is 18.3. The third-order valence-corrected chi connectivity index (χ3v) is 4.57. The molecule has 3 aromatic heterocycles. The molecule has 134 valence electrons. The molecule has 7 nitrogen and oxygen atoms in total. The van der Waals surface area contributed by atoms with Crippen LogP contribution in [0, 0.1) is 0 Å². The molecule has 0 saturated heterocycles. The third kappa shape index (κ3) is 3.02. The van der Waals surface area contributed by atoms with E-state index in [1.807, 2.05) is 32.4 Å². The molecule has 0 saturated carbocycles. The topological polar surface area (TPSA) is 113 Å². The van der Waals surface area contributed by atoms with Crippen molar-refractivity contribution >= 4 is 27.8 Å². The van der Waals surface area contributed by atoms with Crippen LogP contribution in [0.25, 0.3) is 33.1 Å². The Kier molecular flexibility index (Phi) is 4.10. The standard InChI is InChI=1S/C19H23N7/c1-26(2)10-12(20)8-13-9-15-14(5-6-22-19(15)23-13)11-3-4-17-16(7-11)18(21)25-24-17/h3-7,9,12H,8,10,20H2,1-2H3,(H,22,23)(H3,21,24,25). The maximum Gasteiger partial charge on any atom is 0.153 e. The number of aromatic nitrogens is 4. The lowest BCUT2D eigenvalue weighted by molar-refractivity contribution is 0.370. The Labute approximate surface area is 151 Å². The van der Waals surface area contributed by atoms with Crippen LogP contribution in [0.15, 0.2) is 36.5 Å². The summed E-state index contributed by atoms with van der Waals surface area (Å²) in [6, 6.07) is 10.4. The summed E-state index contributed by atoms with van der Waals surface area (Å²) in [4.78, 5) is 9.98. The first-order valence-corrected chi connectivity index (χ1v) is 8.62. The van der Waals surface area contributed by atoms with E-state index in [0.717, 1.165) is 51.7 Å². The number of pyridine rings is 1. The van der Waals surface area contributed by atoms with E-state index in [9.17, 15) is 0 Å². The number of benzene rings is 1. The molecule has 1 aromatic carbocycles. The molecule has 0 bridgehead atoms. The van der Waals surface area contributed by atoms with Crippen LogP contribution >= 0.6 is 0 Å². The van der Waals surface area contributed by atoms with Crippen molar-refractivity contribution in [2.45, 2.75) is 12.5 Å². The zero-order valence-electron chi connectivity index (χ0n) is 15.0. The molecular weight excluding hydrogens is 326 g/mol. The van der Waals surface area contributed by atoms with Gasteiger partial charge < -0.3 is 21.4 Å². The summed E-state index contributed by atoms with van der Waals surface area (Å²) in [6.45, 7) is 0.839. The molecule has 0 aliphatic rings. The average Bonchev–Trinajstić information content (AvgIpc) is 3.16. The van der Waals surface area contributed by atoms with E-state index in [4.69, 9.17) is 11.5 Å². The van der Waals surface area contributed by atoms with Crippen molar-refractivity contribution < 1.29 is 0 Å². The number of rotatable bonds is 5. The van der Waals surface area contributed by atoms with E-state index < -0.39 is 0 Å². The summed E-state index contributed by atoms with van der Waals surface area (Å²) in [5.41, 5.74) is 17.3. The summed E-state index contributed by atoms with van der Waals surface area (Å²) >= 11 is 0. The van der Waals surface area contributed by atoms with Crippen LogP contribution in [-0.2, 0) is 6.42 Å². The number of H-pyrrole nitrogens is 2. The molecule has 7 heteroatoms. The summed E-state index contributed by atoms with van der Waals surface area (Å²) in [6.07, 6.45) is 2.60. The SMILES string of the molecule is CN(C)CC(N)Cc1cc2c(-c3ccc4[nH]nc(N)c4c3)ccnc2[nH]1. The molecule has 1 atom stereocenters. The van der Waals surface area contributed by atoms with Crippen molar-refractivity contribution in [1.29, 1.82) is 0 Å². The number of nitrogens with one attached hydrogen (secondary N) is 2. The molecule has 0 aliphatic heterocycles. The first-order chi connectivity index (χ1) is 12.5. The summed E-state index contributed by atoms with van der Waals surface area (Å²) < 4.78 is 0. The Hall–Kier alpha value is -2.90. The van der Waals surface area contributed by atoms with Crippen LogP contribution in [0.4, 0.5) is 5.82 Å². The van der Waals surface area contributed by atoms with Crippen molar-refractivity contribution in [1.82, 2.24) is 25.1 Å². The van der Waals surface area contributed by atoms with Gasteiger partial charge >= 0.3 is 0 Å². The van der Waals surface area contributed by atoms with E-state index in [1.54, 1.807) is 0 Å². The molecule has 0 fully saturated rings. The molecule has 0 aliphatic carbocycles. The van der Waals surface area contributed by atoms with Gasteiger partial charge in [-0.1, -0.05) is 6.07 Å². The number of fused-ring (bicyclic) bond motifs is 2. The minimum atomic E-state index is 0.0728. The Morgan fingerprint density at radius 2 is 2.00 bits per heavy atom. The van der Waals surface area contributed by atoms with Gasteiger partial charge in [0.2, 0.25) is 0 Å². The van der Waals surface area contributed by atoms with Gasteiger partial charge in [0, 0.05) is 41.7 Å². The van der Waals surface area contributed by atoms with Gasteiger partial charge in [-0.3, -0.25) is 5.10 Å². The second-order valence-corrected chi connectivity index (χ2v) is 7.01.